The predicted octanol–water partition coefficient (Wildman–Crippen LogP) is 4.76. The van der Waals surface area contributed by atoms with Gasteiger partial charge in [0.15, 0.2) is 0 Å². The number of aromatic nitrogens is 2. The van der Waals surface area contributed by atoms with Gasteiger partial charge < -0.3 is 21.7 Å². The number of rotatable bonds is 13. The Morgan fingerprint density at radius 1 is 0.976 bits per heavy atom. The molecule has 9 heteroatoms. The van der Waals surface area contributed by atoms with E-state index in [0.717, 1.165) is 30.5 Å². The topological polar surface area (TPSA) is 131 Å². The summed E-state index contributed by atoms with van der Waals surface area (Å²) in [6, 6.07) is 15.8. The lowest BCUT2D eigenvalue weighted by Crippen LogP contribution is -2.47. The highest BCUT2D eigenvalue weighted by molar-refractivity contribution is 5.99. The van der Waals surface area contributed by atoms with E-state index in [-0.39, 0.29) is 30.1 Å². The zero-order valence-electron chi connectivity index (χ0n) is 23.9. The van der Waals surface area contributed by atoms with E-state index in [1.807, 2.05) is 30.3 Å². The molecule has 0 radical (unpaired) electrons. The third-order valence-electron chi connectivity index (χ3n) is 7.76. The van der Waals surface area contributed by atoms with Gasteiger partial charge in [0.25, 0.3) is 11.8 Å². The van der Waals surface area contributed by atoms with Crippen molar-refractivity contribution in [2.45, 2.75) is 77.3 Å². The van der Waals surface area contributed by atoms with E-state index < -0.39 is 6.04 Å². The summed E-state index contributed by atoms with van der Waals surface area (Å²) in [5.41, 5.74) is 8.55. The van der Waals surface area contributed by atoms with Crippen LogP contribution in [0.2, 0.25) is 0 Å². The Kier molecular flexibility index (Phi) is 10.9. The highest BCUT2D eigenvalue weighted by atomic mass is 16.2. The van der Waals surface area contributed by atoms with Gasteiger partial charge in [-0.3, -0.25) is 14.4 Å². The van der Waals surface area contributed by atoms with E-state index in [0.29, 0.717) is 30.0 Å². The van der Waals surface area contributed by atoms with Gasteiger partial charge in [-0.25, -0.2) is 4.68 Å². The lowest BCUT2D eigenvalue weighted by atomic mass is 9.85. The normalized spacial score (nSPS) is 14.3. The first-order valence-corrected chi connectivity index (χ1v) is 14.8. The number of hydrogen-bond acceptors (Lipinski definition) is 5. The van der Waals surface area contributed by atoms with Crippen LogP contribution in [-0.2, 0) is 11.3 Å². The summed E-state index contributed by atoms with van der Waals surface area (Å²) in [4.78, 5) is 38.7. The maximum absolute atomic E-state index is 13.1. The van der Waals surface area contributed by atoms with Gasteiger partial charge in [-0.1, -0.05) is 75.8 Å². The molecule has 1 atom stereocenters. The van der Waals surface area contributed by atoms with E-state index in [2.05, 4.69) is 28.0 Å². The molecule has 3 amide bonds. The molecule has 1 saturated carbocycles. The molecule has 1 aliphatic rings. The molecule has 41 heavy (non-hydrogen) atoms. The Morgan fingerprint density at radius 3 is 2.41 bits per heavy atom. The third kappa shape index (κ3) is 8.42. The van der Waals surface area contributed by atoms with Gasteiger partial charge in [0.05, 0.1) is 11.9 Å². The molecule has 2 aromatic carbocycles. The molecular formula is C32H42N6O3. The SMILES string of the molecule is CCCCNC(=O)[C@H](CCC1CCCCC1)NC(=O)c1ccc(CNC(=O)c2cnn(-c3ccccc3)c2N)cc1. The standard InChI is InChI=1S/C32H42N6O3/c1-2-3-20-34-32(41)28(19-16-23-10-6-4-7-11-23)37-30(39)25-17-14-24(15-18-25)21-35-31(40)27-22-36-38(29(27)33)26-12-8-5-9-13-26/h5,8-9,12-15,17-18,22-23,28H,2-4,6-7,10-11,16,19-21,33H2,1H3,(H,34,41)(H,35,40)(H,37,39)/t28-/m0/s1. The van der Waals surface area contributed by atoms with Crippen LogP contribution in [0.25, 0.3) is 5.69 Å². The van der Waals surface area contributed by atoms with Crippen molar-refractivity contribution in [3.05, 3.63) is 77.5 Å². The summed E-state index contributed by atoms with van der Waals surface area (Å²) in [5.74, 6) is 0.167. The fraction of sp³-hybridized carbons (Fsp3) is 0.438. The summed E-state index contributed by atoms with van der Waals surface area (Å²) in [5, 5.41) is 13.1. The van der Waals surface area contributed by atoms with E-state index in [4.69, 9.17) is 5.73 Å². The van der Waals surface area contributed by atoms with Gasteiger partial charge >= 0.3 is 0 Å². The number of unbranched alkanes of at least 4 members (excludes halogenated alkanes) is 1. The summed E-state index contributed by atoms with van der Waals surface area (Å²) < 4.78 is 1.52. The van der Waals surface area contributed by atoms with Crippen LogP contribution in [0.4, 0.5) is 5.82 Å². The number of nitrogens with two attached hydrogens (primary N) is 1. The fourth-order valence-corrected chi connectivity index (χ4v) is 5.26. The fourth-order valence-electron chi connectivity index (χ4n) is 5.26. The first-order chi connectivity index (χ1) is 20.0. The third-order valence-corrected chi connectivity index (χ3v) is 7.76. The largest absolute Gasteiger partial charge is 0.383 e. The van der Waals surface area contributed by atoms with Crippen LogP contribution in [-0.4, -0.2) is 40.1 Å². The first kappa shape index (κ1) is 29.8. The summed E-state index contributed by atoms with van der Waals surface area (Å²) in [6.45, 7) is 2.96. The van der Waals surface area contributed by atoms with Crippen LogP contribution in [0.1, 0.15) is 91.0 Å². The molecule has 0 spiro atoms. The van der Waals surface area contributed by atoms with Gasteiger partial charge in [0.1, 0.15) is 17.4 Å². The number of hydrogen-bond donors (Lipinski definition) is 4. The Labute approximate surface area is 242 Å². The molecule has 1 aromatic heterocycles. The number of anilines is 1. The van der Waals surface area contributed by atoms with Crippen LogP contribution in [0, 0.1) is 5.92 Å². The molecule has 0 unspecified atom stereocenters. The Morgan fingerprint density at radius 2 is 1.71 bits per heavy atom. The van der Waals surface area contributed by atoms with E-state index in [1.165, 1.54) is 43.0 Å². The molecule has 9 nitrogen and oxygen atoms in total. The summed E-state index contributed by atoms with van der Waals surface area (Å²) in [6.07, 6.45) is 11.2. The number of nitrogens with one attached hydrogen (secondary N) is 3. The lowest BCUT2D eigenvalue weighted by molar-refractivity contribution is -0.123. The number of nitrogens with zero attached hydrogens (tertiary/aromatic N) is 2. The molecule has 3 aromatic rings. The number of amides is 3. The van der Waals surface area contributed by atoms with Gasteiger partial charge in [-0.15, -0.1) is 0 Å². The number of benzene rings is 2. The van der Waals surface area contributed by atoms with Crippen LogP contribution in [0.15, 0.2) is 60.8 Å². The highest BCUT2D eigenvalue weighted by Gasteiger charge is 2.24. The van der Waals surface area contributed by atoms with Crippen molar-refractivity contribution in [3.63, 3.8) is 0 Å². The van der Waals surface area contributed by atoms with E-state index in [1.54, 1.807) is 24.3 Å². The van der Waals surface area contributed by atoms with E-state index >= 15 is 0 Å². The number of para-hydroxylation sites is 1. The molecule has 4 rings (SSSR count). The quantitative estimate of drug-likeness (QED) is 0.225. The first-order valence-electron chi connectivity index (χ1n) is 14.8. The van der Waals surface area contributed by atoms with Crippen molar-refractivity contribution in [1.82, 2.24) is 25.7 Å². The lowest BCUT2D eigenvalue weighted by Gasteiger charge is -2.24. The molecule has 0 saturated heterocycles. The molecule has 0 aliphatic heterocycles. The minimum atomic E-state index is -0.553. The van der Waals surface area contributed by atoms with Crippen molar-refractivity contribution >= 4 is 23.5 Å². The average Bonchev–Trinajstić information content (AvgIpc) is 3.40. The van der Waals surface area contributed by atoms with Crippen LogP contribution in [0.3, 0.4) is 0 Å². The van der Waals surface area contributed by atoms with Crippen molar-refractivity contribution in [2.24, 2.45) is 5.92 Å². The summed E-state index contributed by atoms with van der Waals surface area (Å²) in [7, 11) is 0. The second-order valence-corrected chi connectivity index (χ2v) is 10.8. The van der Waals surface area contributed by atoms with Crippen molar-refractivity contribution in [3.8, 4) is 5.69 Å². The average molecular weight is 559 g/mol. The Balaban J connectivity index is 1.32. The smallest absolute Gasteiger partial charge is 0.256 e. The van der Waals surface area contributed by atoms with Crippen molar-refractivity contribution < 1.29 is 14.4 Å². The highest BCUT2D eigenvalue weighted by Crippen LogP contribution is 2.28. The number of nitrogen functional groups attached to an aromatic ring is 1. The zero-order chi connectivity index (χ0) is 29.0. The zero-order valence-corrected chi connectivity index (χ0v) is 23.9. The minimum absolute atomic E-state index is 0.114. The van der Waals surface area contributed by atoms with Crippen LogP contribution in [0.5, 0.6) is 0 Å². The Hall–Kier alpha value is -4.14. The Bertz CT molecular complexity index is 1280. The van der Waals surface area contributed by atoms with Crippen LogP contribution >= 0.6 is 0 Å². The number of carbonyl (C=O) groups excluding carboxylic acids is 3. The van der Waals surface area contributed by atoms with E-state index in [9.17, 15) is 14.4 Å². The molecule has 0 bridgehead atoms. The minimum Gasteiger partial charge on any atom is -0.383 e. The number of carbonyl (C=O) groups is 3. The summed E-state index contributed by atoms with van der Waals surface area (Å²) >= 11 is 0. The molecule has 1 heterocycles. The van der Waals surface area contributed by atoms with Crippen LogP contribution < -0.4 is 21.7 Å². The van der Waals surface area contributed by atoms with Gasteiger partial charge in [0.2, 0.25) is 5.91 Å². The van der Waals surface area contributed by atoms with Crippen molar-refractivity contribution in [1.29, 1.82) is 0 Å². The van der Waals surface area contributed by atoms with Gasteiger partial charge in [-0.2, -0.15) is 5.10 Å². The molecule has 218 valence electrons. The maximum Gasteiger partial charge on any atom is 0.256 e. The predicted molar refractivity (Wildman–Crippen MR) is 161 cm³/mol. The molecule has 5 N–H and O–H groups in total. The molecule has 1 aliphatic carbocycles. The van der Waals surface area contributed by atoms with Crippen molar-refractivity contribution in [2.75, 3.05) is 12.3 Å². The maximum atomic E-state index is 13.1. The second-order valence-electron chi connectivity index (χ2n) is 10.8. The van der Waals surface area contributed by atoms with Gasteiger partial charge in [-0.05, 0) is 55.0 Å². The molecule has 1 fully saturated rings. The monoisotopic (exact) mass is 558 g/mol. The second kappa shape index (κ2) is 15.0. The molecular weight excluding hydrogens is 516 g/mol. The van der Waals surface area contributed by atoms with Gasteiger partial charge in [0, 0.05) is 18.7 Å².